The van der Waals surface area contributed by atoms with E-state index in [9.17, 15) is 4.79 Å². The number of ketones is 1. The van der Waals surface area contributed by atoms with Gasteiger partial charge in [0, 0.05) is 18.3 Å². The summed E-state index contributed by atoms with van der Waals surface area (Å²) < 4.78 is 1.79. The molecule has 0 aliphatic carbocycles. The van der Waals surface area contributed by atoms with Crippen LogP contribution >= 0.6 is 22.9 Å². The Kier molecular flexibility index (Phi) is 4.37. The summed E-state index contributed by atoms with van der Waals surface area (Å²) in [4.78, 5) is 16.4. The van der Waals surface area contributed by atoms with Crippen molar-refractivity contribution < 1.29 is 4.79 Å². The van der Waals surface area contributed by atoms with Gasteiger partial charge in [-0.1, -0.05) is 11.6 Å². The van der Waals surface area contributed by atoms with E-state index in [1.54, 1.807) is 16.0 Å². The van der Waals surface area contributed by atoms with E-state index in [2.05, 4.69) is 10.1 Å². The zero-order valence-electron chi connectivity index (χ0n) is 11.2. The quantitative estimate of drug-likeness (QED) is 0.852. The molecule has 2 aromatic rings. The summed E-state index contributed by atoms with van der Waals surface area (Å²) in [6.45, 7) is 6.49. The number of hydrogen-bond acceptors (Lipinski definition) is 4. The average Bonchev–Trinajstić information content (AvgIpc) is 2.87. The van der Waals surface area contributed by atoms with Crippen molar-refractivity contribution in [2.45, 2.75) is 40.2 Å². The summed E-state index contributed by atoms with van der Waals surface area (Å²) in [5, 5.41) is 7.82. The summed E-state index contributed by atoms with van der Waals surface area (Å²) in [5.41, 5.74) is 2.41. The van der Waals surface area contributed by atoms with Gasteiger partial charge in [-0.2, -0.15) is 5.10 Å². The summed E-state index contributed by atoms with van der Waals surface area (Å²) in [5.74, 6) is 0.113. The minimum absolute atomic E-state index is 0.113. The number of aromatic nitrogens is 3. The van der Waals surface area contributed by atoms with E-state index in [0.717, 1.165) is 22.1 Å². The first-order valence-electron chi connectivity index (χ1n) is 6.15. The van der Waals surface area contributed by atoms with Gasteiger partial charge in [0.25, 0.3) is 0 Å². The Morgan fingerprint density at radius 1 is 1.42 bits per heavy atom. The number of nitrogens with zero attached hydrogens (tertiary/aromatic N) is 3. The van der Waals surface area contributed by atoms with Crippen LogP contribution in [0.1, 0.15) is 29.0 Å². The summed E-state index contributed by atoms with van der Waals surface area (Å²) in [6.07, 6.45) is 0.665. The van der Waals surface area contributed by atoms with Crippen molar-refractivity contribution in [3.63, 3.8) is 0 Å². The van der Waals surface area contributed by atoms with E-state index in [0.29, 0.717) is 24.4 Å². The highest BCUT2D eigenvalue weighted by Crippen LogP contribution is 2.21. The molecule has 2 aromatic heterocycles. The van der Waals surface area contributed by atoms with Crippen molar-refractivity contribution in [1.29, 1.82) is 0 Å². The van der Waals surface area contributed by atoms with Gasteiger partial charge >= 0.3 is 0 Å². The first-order valence-corrected chi connectivity index (χ1v) is 7.41. The molecule has 0 spiro atoms. The molecule has 6 heteroatoms. The van der Waals surface area contributed by atoms with Crippen LogP contribution in [0.25, 0.3) is 0 Å². The number of aryl methyl sites for hydroxylation is 3. The Hall–Kier alpha value is -1.20. The molecule has 0 radical (unpaired) electrons. The predicted octanol–water partition coefficient (Wildman–Crippen LogP) is 2.98. The smallest absolute Gasteiger partial charge is 0.144 e. The van der Waals surface area contributed by atoms with Gasteiger partial charge in [-0.25, -0.2) is 4.98 Å². The number of thiazole rings is 1. The minimum atomic E-state index is 0.113. The van der Waals surface area contributed by atoms with Gasteiger partial charge in [0.05, 0.1) is 33.5 Å². The Labute approximate surface area is 121 Å². The van der Waals surface area contributed by atoms with E-state index in [4.69, 9.17) is 11.6 Å². The Morgan fingerprint density at radius 2 is 2.16 bits per heavy atom. The van der Waals surface area contributed by atoms with E-state index < -0.39 is 0 Å². The molecule has 0 aliphatic heterocycles. The second kappa shape index (κ2) is 5.84. The SMILES string of the molecule is CCn1nc(C)c(Cl)c1CC(=O)Cc1csc(C)n1. The van der Waals surface area contributed by atoms with Crippen molar-refractivity contribution >= 4 is 28.7 Å². The molecule has 4 nitrogen and oxygen atoms in total. The van der Waals surface area contributed by atoms with Gasteiger partial charge in [-0.3, -0.25) is 9.48 Å². The van der Waals surface area contributed by atoms with Gasteiger partial charge in [-0.15, -0.1) is 11.3 Å². The van der Waals surface area contributed by atoms with E-state index in [-0.39, 0.29) is 5.78 Å². The predicted molar refractivity (Wildman–Crippen MR) is 76.9 cm³/mol. The lowest BCUT2D eigenvalue weighted by molar-refractivity contribution is -0.117. The van der Waals surface area contributed by atoms with Crippen LogP contribution in [0, 0.1) is 13.8 Å². The van der Waals surface area contributed by atoms with Gasteiger partial charge < -0.3 is 0 Å². The molecule has 19 heavy (non-hydrogen) atoms. The van der Waals surface area contributed by atoms with Crippen molar-refractivity contribution in [2.24, 2.45) is 0 Å². The number of Topliss-reactive ketones (excluding diaryl/α,β-unsaturated/α-hetero) is 1. The fourth-order valence-electron chi connectivity index (χ4n) is 1.98. The third kappa shape index (κ3) is 3.22. The molecule has 0 saturated heterocycles. The molecule has 0 aromatic carbocycles. The standard InChI is InChI=1S/C13H16ClN3OS/c1-4-17-12(13(14)8(2)16-17)6-11(18)5-10-7-19-9(3)15-10/h7H,4-6H2,1-3H3. The molecule has 0 amide bonds. The van der Waals surface area contributed by atoms with Crippen molar-refractivity contribution in [3.05, 3.63) is 32.5 Å². The van der Waals surface area contributed by atoms with Crippen molar-refractivity contribution in [2.75, 3.05) is 0 Å². The van der Waals surface area contributed by atoms with Crippen LogP contribution in [0.15, 0.2) is 5.38 Å². The first-order chi connectivity index (χ1) is 9.01. The third-order valence-electron chi connectivity index (χ3n) is 2.86. The van der Waals surface area contributed by atoms with Gasteiger partial charge in [-0.05, 0) is 20.8 Å². The average molecular weight is 298 g/mol. The fourth-order valence-corrected chi connectivity index (χ4v) is 2.79. The molecule has 0 N–H and O–H groups in total. The molecule has 102 valence electrons. The molecule has 0 unspecified atom stereocenters. The van der Waals surface area contributed by atoms with Crippen LogP contribution in [-0.4, -0.2) is 20.5 Å². The van der Waals surface area contributed by atoms with Crippen LogP contribution in [0.5, 0.6) is 0 Å². The number of carbonyl (C=O) groups excluding carboxylic acids is 1. The highest BCUT2D eigenvalue weighted by Gasteiger charge is 2.16. The Balaban J connectivity index is 2.10. The van der Waals surface area contributed by atoms with E-state index in [1.807, 2.05) is 26.2 Å². The van der Waals surface area contributed by atoms with Crippen LogP contribution < -0.4 is 0 Å². The minimum Gasteiger partial charge on any atom is -0.299 e. The molecule has 2 heterocycles. The van der Waals surface area contributed by atoms with Crippen LogP contribution in [0.3, 0.4) is 0 Å². The molecular formula is C13H16ClN3OS. The molecular weight excluding hydrogens is 282 g/mol. The summed E-state index contributed by atoms with van der Waals surface area (Å²) in [7, 11) is 0. The fraction of sp³-hybridized carbons (Fsp3) is 0.462. The van der Waals surface area contributed by atoms with Crippen molar-refractivity contribution in [3.8, 4) is 0 Å². The monoisotopic (exact) mass is 297 g/mol. The highest BCUT2D eigenvalue weighted by atomic mass is 35.5. The third-order valence-corrected chi connectivity index (χ3v) is 4.18. The van der Waals surface area contributed by atoms with E-state index >= 15 is 0 Å². The number of carbonyl (C=O) groups is 1. The largest absolute Gasteiger partial charge is 0.299 e. The van der Waals surface area contributed by atoms with Gasteiger partial charge in [0.2, 0.25) is 0 Å². The maximum atomic E-state index is 12.1. The zero-order chi connectivity index (χ0) is 14.0. The van der Waals surface area contributed by atoms with Gasteiger partial charge in [0.1, 0.15) is 5.78 Å². The number of halogens is 1. The molecule has 2 rings (SSSR count). The van der Waals surface area contributed by atoms with Crippen molar-refractivity contribution in [1.82, 2.24) is 14.8 Å². The second-order valence-electron chi connectivity index (χ2n) is 4.41. The lowest BCUT2D eigenvalue weighted by Crippen LogP contribution is -2.12. The molecule has 0 bridgehead atoms. The second-order valence-corrected chi connectivity index (χ2v) is 5.85. The molecule has 0 saturated carbocycles. The summed E-state index contributed by atoms with van der Waals surface area (Å²) >= 11 is 7.76. The van der Waals surface area contributed by atoms with Crippen LogP contribution in [0.4, 0.5) is 0 Å². The maximum absolute atomic E-state index is 12.1. The lowest BCUT2D eigenvalue weighted by atomic mass is 10.1. The number of hydrogen-bond donors (Lipinski definition) is 0. The first kappa shape index (κ1) is 14.2. The summed E-state index contributed by atoms with van der Waals surface area (Å²) in [6, 6.07) is 0. The molecule has 0 atom stereocenters. The Morgan fingerprint density at radius 3 is 2.74 bits per heavy atom. The molecule has 0 aliphatic rings. The Bertz CT molecular complexity index is 603. The molecule has 0 fully saturated rings. The zero-order valence-corrected chi connectivity index (χ0v) is 12.8. The maximum Gasteiger partial charge on any atom is 0.144 e. The van der Waals surface area contributed by atoms with Crippen LogP contribution in [-0.2, 0) is 24.2 Å². The van der Waals surface area contributed by atoms with Crippen LogP contribution in [0.2, 0.25) is 5.02 Å². The highest BCUT2D eigenvalue weighted by molar-refractivity contribution is 7.09. The van der Waals surface area contributed by atoms with Gasteiger partial charge in [0.15, 0.2) is 0 Å². The number of rotatable bonds is 5. The van der Waals surface area contributed by atoms with E-state index in [1.165, 1.54) is 0 Å². The normalized spacial score (nSPS) is 10.9. The lowest BCUT2D eigenvalue weighted by Gasteiger charge is -2.04. The topological polar surface area (TPSA) is 47.8 Å².